The van der Waals surface area contributed by atoms with Crippen molar-refractivity contribution in [1.29, 1.82) is 0 Å². The number of nitrogens with one attached hydrogen (secondary N) is 2. The number of imidazole rings is 1. The number of anilines is 1. The Morgan fingerprint density at radius 2 is 2.00 bits per heavy atom. The smallest absolute Gasteiger partial charge is 0.338 e. The van der Waals surface area contributed by atoms with Gasteiger partial charge in [0.1, 0.15) is 0 Å². The number of carbonyl (C=O) groups is 1. The van der Waals surface area contributed by atoms with Crippen LogP contribution in [0, 0.1) is 6.92 Å². The molecule has 6 nitrogen and oxygen atoms in total. The molecule has 1 heterocycles. The van der Waals surface area contributed by atoms with Crippen LogP contribution in [0.1, 0.15) is 28.4 Å². The second-order valence-electron chi connectivity index (χ2n) is 6.14. The first-order valence-electron chi connectivity index (χ1n) is 8.97. The van der Waals surface area contributed by atoms with E-state index in [0.29, 0.717) is 23.8 Å². The molecule has 0 aliphatic heterocycles. The van der Waals surface area contributed by atoms with Crippen molar-refractivity contribution in [2.45, 2.75) is 20.4 Å². The van der Waals surface area contributed by atoms with E-state index in [4.69, 9.17) is 17.0 Å². The highest BCUT2D eigenvalue weighted by Crippen LogP contribution is 2.20. The minimum Gasteiger partial charge on any atom is -0.462 e. The van der Waals surface area contributed by atoms with Gasteiger partial charge in [-0.2, -0.15) is 0 Å². The zero-order valence-corrected chi connectivity index (χ0v) is 16.6. The van der Waals surface area contributed by atoms with Gasteiger partial charge in [0.2, 0.25) is 0 Å². The largest absolute Gasteiger partial charge is 0.462 e. The van der Waals surface area contributed by atoms with Gasteiger partial charge in [-0.1, -0.05) is 18.2 Å². The molecule has 0 spiro atoms. The molecule has 0 aliphatic rings. The Balaban J connectivity index is 1.59. The van der Waals surface area contributed by atoms with E-state index in [2.05, 4.69) is 15.6 Å². The molecule has 1 aromatic heterocycles. The van der Waals surface area contributed by atoms with Gasteiger partial charge in [-0.3, -0.25) is 0 Å². The summed E-state index contributed by atoms with van der Waals surface area (Å²) in [6, 6.07) is 13.6. The van der Waals surface area contributed by atoms with E-state index in [1.807, 2.05) is 48.0 Å². The molecule has 0 aliphatic carbocycles. The van der Waals surface area contributed by atoms with Crippen LogP contribution in [0.3, 0.4) is 0 Å². The van der Waals surface area contributed by atoms with E-state index in [1.54, 1.807) is 31.6 Å². The maximum absolute atomic E-state index is 12.0. The Labute approximate surface area is 169 Å². The lowest BCUT2D eigenvalue weighted by atomic mass is 10.1. The minimum absolute atomic E-state index is 0.333. The van der Waals surface area contributed by atoms with Crippen molar-refractivity contribution in [3.63, 3.8) is 0 Å². The first kappa shape index (κ1) is 19.6. The highest BCUT2D eigenvalue weighted by Gasteiger charge is 2.13. The van der Waals surface area contributed by atoms with Crippen LogP contribution in [0.15, 0.2) is 61.2 Å². The Kier molecular flexibility index (Phi) is 6.39. The van der Waals surface area contributed by atoms with Gasteiger partial charge in [-0.05, 0) is 61.5 Å². The van der Waals surface area contributed by atoms with Crippen LogP contribution in [-0.4, -0.2) is 27.2 Å². The van der Waals surface area contributed by atoms with Crippen molar-refractivity contribution in [3.8, 4) is 5.69 Å². The van der Waals surface area contributed by atoms with Gasteiger partial charge < -0.3 is 19.9 Å². The highest BCUT2D eigenvalue weighted by atomic mass is 32.1. The van der Waals surface area contributed by atoms with Crippen LogP contribution in [-0.2, 0) is 11.3 Å². The predicted octanol–water partition coefficient (Wildman–Crippen LogP) is 3.84. The van der Waals surface area contributed by atoms with Crippen molar-refractivity contribution in [1.82, 2.24) is 14.9 Å². The van der Waals surface area contributed by atoms with Gasteiger partial charge in [0.05, 0.1) is 18.5 Å². The summed E-state index contributed by atoms with van der Waals surface area (Å²) in [5.41, 5.74) is 4.26. The number of aromatic nitrogens is 2. The molecule has 28 heavy (non-hydrogen) atoms. The molecule has 0 unspecified atom stereocenters. The lowest BCUT2D eigenvalue weighted by molar-refractivity contribution is 0.0525. The van der Waals surface area contributed by atoms with E-state index < -0.39 is 0 Å². The number of nitrogens with zero attached hydrogens (tertiary/aromatic N) is 2. The molecule has 3 rings (SSSR count). The summed E-state index contributed by atoms with van der Waals surface area (Å²) < 4.78 is 7.04. The third-order valence-corrected chi connectivity index (χ3v) is 4.52. The van der Waals surface area contributed by atoms with E-state index in [9.17, 15) is 4.79 Å². The summed E-state index contributed by atoms with van der Waals surface area (Å²) in [7, 11) is 0. The molecule has 7 heteroatoms. The van der Waals surface area contributed by atoms with Crippen LogP contribution < -0.4 is 10.6 Å². The molecule has 0 bridgehead atoms. The van der Waals surface area contributed by atoms with E-state index in [-0.39, 0.29) is 5.97 Å². The summed E-state index contributed by atoms with van der Waals surface area (Å²) in [6.07, 6.45) is 5.41. The summed E-state index contributed by atoms with van der Waals surface area (Å²) in [6.45, 7) is 4.59. The number of thiocarbonyl (C=S) groups is 1. The highest BCUT2D eigenvalue weighted by molar-refractivity contribution is 7.80. The monoisotopic (exact) mass is 394 g/mol. The summed E-state index contributed by atoms with van der Waals surface area (Å²) >= 11 is 5.39. The van der Waals surface area contributed by atoms with Gasteiger partial charge in [0.25, 0.3) is 0 Å². The number of carbonyl (C=O) groups excluding carboxylic acids is 1. The zero-order valence-electron chi connectivity index (χ0n) is 15.8. The van der Waals surface area contributed by atoms with Gasteiger partial charge in [-0.15, -0.1) is 0 Å². The Bertz CT molecular complexity index is 953. The second kappa shape index (κ2) is 9.14. The van der Waals surface area contributed by atoms with Gasteiger partial charge in [0, 0.05) is 30.3 Å². The molecule has 0 saturated carbocycles. The molecule has 2 aromatic carbocycles. The van der Waals surface area contributed by atoms with E-state index in [1.165, 1.54) is 0 Å². The molecule has 0 radical (unpaired) electrons. The molecule has 0 fully saturated rings. The third kappa shape index (κ3) is 4.75. The van der Waals surface area contributed by atoms with Crippen LogP contribution in [0.4, 0.5) is 5.69 Å². The fourth-order valence-electron chi connectivity index (χ4n) is 2.75. The Morgan fingerprint density at radius 3 is 2.68 bits per heavy atom. The van der Waals surface area contributed by atoms with Gasteiger partial charge >= 0.3 is 5.97 Å². The summed E-state index contributed by atoms with van der Waals surface area (Å²) in [5, 5.41) is 6.83. The van der Waals surface area contributed by atoms with E-state index in [0.717, 1.165) is 22.5 Å². The fourth-order valence-corrected chi connectivity index (χ4v) is 2.93. The Morgan fingerprint density at radius 1 is 1.21 bits per heavy atom. The van der Waals surface area contributed by atoms with Crippen molar-refractivity contribution >= 4 is 29.0 Å². The van der Waals surface area contributed by atoms with Crippen LogP contribution in [0.2, 0.25) is 0 Å². The van der Waals surface area contributed by atoms with Crippen molar-refractivity contribution in [2.75, 3.05) is 11.9 Å². The lowest BCUT2D eigenvalue weighted by Gasteiger charge is -2.15. The molecule has 0 saturated heterocycles. The molecular weight excluding hydrogens is 372 g/mol. The SMILES string of the molecule is CCOC(=O)c1cccc(NC(=S)NCc2ccc(-n3ccnc3)cc2)c1C. The van der Waals surface area contributed by atoms with Gasteiger partial charge in [0.15, 0.2) is 5.11 Å². The number of ether oxygens (including phenoxy) is 1. The van der Waals surface area contributed by atoms with Crippen LogP contribution >= 0.6 is 12.2 Å². The van der Waals surface area contributed by atoms with Crippen LogP contribution in [0.5, 0.6) is 0 Å². The maximum Gasteiger partial charge on any atom is 0.338 e. The number of rotatable bonds is 6. The number of benzene rings is 2. The van der Waals surface area contributed by atoms with Crippen molar-refractivity contribution < 1.29 is 9.53 Å². The minimum atomic E-state index is -0.333. The number of hydrogen-bond acceptors (Lipinski definition) is 4. The molecule has 2 N–H and O–H groups in total. The normalized spacial score (nSPS) is 10.4. The first-order chi connectivity index (χ1) is 13.6. The average molecular weight is 395 g/mol. The number of hydrogen-bond donors (Lipinski definition) is 2. The van der Waals surface area contributed by atoms with Crippen molar-refractivity contribution in [3.05, 3.63) is 77.9 Å². The molecule has 3 aromatic rings. The van der Waals surface area contributed by atoms with Crippen LogP contribution in [0.25, 0.3) is 5.69 Å². The van der Waals surface area contributed by atoms with Crippen molar-refractivity contribution in [2.24, 2.45) is 0 Å². The molecular formula is C21H22N4O2S. The third-order valence-electron chi connectivity index (χ3n) is 4.27. The molecule has 144 valence electrons. The molecule has 0 amide bonds. The first-order valence-corrected chi connectivity index (χ1v) is 9.38. The second-order valence-corrected chi connectivity index (χ2v) is 6.55. The number of esters is 1. The predicted molar refractivity (Wildman–Crippen MR) is 114 cm³/mol. The summed E-state index contributed by atoms with van der Waals surface area (Å²) in [4.78, 5) is 16.1. The standard InChI is InChI=1S/C21H22N4O2S/c1-3-27-20(26)18-5-4-6-19(15(18)2)24-21(28)23-13-16-7-9-17(10-8-16)25-12-11-22-14-25/h4-12,14H,3,13H2,1-2H3,(H2,23,24,28). The van der Waals surface area contributed by atoms with E-state index >= 15 is 0 Å². The zero-order chi connectivity index (χ0) is 19.9. The fraction of sp³-hybridized carbons (Fsp3) is 0.190. The lowest BCUT2D eigenvalue weighted by Crippen LogP contribution is -2.28. The maximum atomic E-state index is 12.0. The quantitative estimate of drug-likeness (QED) is 0.489. The molecule has 0 atom stereocenters. The Hall–Kier alpha value is -3.19. The topological polar surface area (TPSA) is 68.2 Å². The summed E-state index contributed by atoms with van der Waals surface area (Å²) in [5.74, 6) is -0.333. The van der Waals surface area contributed by atoms with Gasteiger partial charge in [-0.25, -0.2) is 9.78 Å². The average Bonchev–Trinajstić information content (AvgIpc) is 3.23.